The summed E-state index contributed by atoms with van der Waals surface area (Å²) in [7, 11) is 3.20. The monoisotopic (exact) mass is 420 g/mol. The molecule has 2 aromatic carbocycles. The normalized spacial score (nSPS) is 11.6. The molecule has 3 aromatic rings. The first-order chi connectivity index (χ1) is 13.6. The largest absolute Gasteiger partial charge is 0.493 e. The van der Waals surface area contributed by atoms with Crippen LogP contribution in [-0.2, 0) is 6.54 Å². The summed E-state index contributed by atoms with van der Waals surface area (Å²) in [6.07, 6.45) is -0.661. The van der Waals surface area contributed by atoms with E-state index in [1.165, 1.54) is 6.07 Å². The second-order valence-electron chi connectivity index (χ2n) is 6.36. The van der Waals surface area contributed by atoms with E-state index in [1.807, 2.05) is 24.3 Å². The molecule has 0 radical (unpaired) electrons. The lowest BCUT2D eigenvalue weighted by Crippen LogP contribution is -2.31. The van der Waals surface area contributed by atoms with Crippen LogP contribution in [0.1, 0.15) is 5.56 Å². The number of aromatic amines is 1. The summed E-state index contributed by atoms with van der Waals surface area (Å²) in [5.41, 5.74) is 1.63. The Hall–Kier alpha value is -2.74. The molecule has 1 heterocycles. The summed E-state index contributed by atoms with van der Waals surface area (Å²) in [5.74, 6) is 1.99. The number of aliphatic hydroxyl groups is 1. The number of pyridine rings is 1. The molecule has 0 saturated heterocycles. The Balaban J connectivity index is 0.00000300. The second-order valence-corrected chi connectivity index (χ2v) is 6.36. The zero-order valence-corrected chi connectivity index (χ0v) is 17.1. The molecule has 0 aliphatic rings. The third-order valence-electron chi connectivity index (χ3n) is 4.29. The molecule has 0 fully saturated rings. The van der Waals surface area contributed by atoms with Crippen molar-refractivity contribution in [3.63, 3.8) is 0 Å². The van der Waals surface area contributed by atoms with Gasteiger partial charge < -0.3 is 29.6 Å². The molecular formula is C21H25ClN2O5. The van der Waals surface area contributed by atoms with Gasteiger partial charge in [-0.05, 0) is 42.0 Å². The quantitative estimate of drug-likeness (QED) is 0.492. The Morgan fingerprint density at radius 1 is 1.03 bits per heavy atom. The standard InChI is InChI=1S/C21H24N2O5.ClH/c1-26-19-7-3-14(9-20(19)27-2)11-22-12-16(24)13-28-17-5-6-18-15(10-17)4-8-21(25)23-18;/h3-10,16,22,24H,11-13H2,1-2H3,(H,23,25);1H. The maximum Gasteiger partial charge on any atom is 0.248 e. The minimum absolute atomic E-state index is 0. The molecule has 3 N–H and O–H groups in total. The van der Waals surface area contributed by atoms with Gasteiger partial charge in [0.15, 0.2) is 11.5 Å². The third-order valence-corrected chi connectivity index (χ3v) is 4.29. The van der Waals surface area contributed by atoms with Gasteiger partial charge in [-0.2, -0.15) is 0 Å². The highest BCUT2D eigenvalue weighted by Crippen LogP contribution is 2.27. The van der Waals surface area contributed by atoms with Gasteiger partial charge in [0.05, 0.1) is 14.2 Å². The van der Waals surface area contributed by atoms with Crippen molar-refractivity contribution in [1.29, 1.82) is 0 Å². The van der Waals surface area contributed by atoms with E-state index < -0.39 is 6.10 Å². The first kappa shape index (κ1) is 22.5. The van der Waals surface area contributed by atoms with Crippen molar-refractivity contribution in [3.05, 3.63) is 64.4 Å². The van der Waals surface area contributed by atoms with Crippen molar-refractivity contribution in [2.24, 2.45) is 0 Å². The number of aliphatic hydroxyl groups excluding tert-OH is 1. The van der Waals surface area contributed by atoms with Crippen molar-refractivity contribution in [1.82, 2.24) is 10.3 Å². The molecule has 1 atom stereocenters. The highest BCUT2D eigenvalue weighted by Gasteiger charge is 2.08. The van der Waals surface area contributed by atoms with Crippen molar-refractivity contribution >= 4 is 23.3 Å². The number of ether oxygens (including phenoxy) is 3. The molecule has 0 amide bonds. The first-order valence-corrected chi connectivity index (χ1v) is 8.94. The van der Waals surface area contributed by atoms with Crippen LogP contribution in [0.25, 0.3) is 10.9 Å². The Morgan fingerprint density at radius 3 is 2.59 bits per heavy atom. The first-order valence-electron chi connectivity index (χ1n) is 8.94. The average molecular weight is 421 g/mol. The maximum atomic E-state index is 11.3. The summed E-state index contributed by atoms with van der Waals surface area (Å²) in [6.45, 7) is 1.13. The number of hydrogen-bond acceptors (Lipinski definition) is 6. The second kappa shape index (κ2) is 10.7. The van der Waals surface area contributed by atoms with Crippen LogP contribution in [0.4, 0.5) is 0 Å². The maximum absolute atomic E-state index is 11.3. The van der Waals surface area contributed by atoms with Gasteiger partial charge in [-0.25, -0.2) is 0 Å². The minimum atomic E-state index is -0.661. The number of nitrogens with one attached hydrogen (secondary N) is 2. The summed E-state index contributed by atoms with van der Waals surface area (Å²) >= 11 is 0. The highest BCUT2D eigenvalue weighted by atomic mass is 35.5. The smallest absolute Gasteiger partial charge is 0.248 e. The van der Waals surface area contributed by atoms with Crippen LogP contribution in [0.15, 0.2) is 53.3 Å². The molecule has 156 valence electrons. The number of aromatic nitrogens is 1. The lowest BCUT2D eigenvalue weighted by molar-refractivity contribution is 0.106. The van der Waals surface area contributed by atoms with Crippen molar-refractivity contribution in [2.45, 2.75) is 12.6 Å². The molecule has 0 aliphatic heterocycles. The molecule has 1 aromatic heterocycles. The molecule has 8 heteroatoms. The molecular weight excluding hydrogens is 396 g/mol. The number of fused-ring (bicyclic) bond motifs is 1. The molecule has 1 unspecified atom stereocenters. The van der Waals surface area contributed by atoms with Crippen LogP contribution in [0.5, 0.6) is 17.2 Å². The van der Waals surface area contributed by atoms with Crippen LogP contribution in [0.2, 0.25) is 0 Å². The zero-order chi connectivity index (χ0) is 19.9. The fourth-order valence-corrected chi connectivity index (χ4v) is 2.85. The van der Waals surface area contributed by atoms with Gasteiger partial charge in [-0.15, -0.1) is 12.4 Å². The number of hydrogen-bond donors (Lipinski definition) is 3. The van der Waals surface area contributed by atoms with Gasteiger partial charge in [0.25, 0.3) is 0 Å². The van der Waals surface area contributed by atoms with E-state index in [4.69, 9.17) is 14.2 Å². The molecule has 0 saturated carbocycles. The van der Waals surface area contributed by atoms with Gasteiger partial charge in [0.1, 0.15) is 18.5 Å². The van der Waals surface area contributed by atoms with Crippen molar-refractivity contribution in [2.75, 3.05) is 27.4 Å². The van der Waals surface area contributed by atoms with Gasteiger partial charge in [0.2, 0.25) is 5.56 Å². The third kappa shape index (κ3) is 6.12. The predicted octanol–water partition coefficient (Wildman–Crippen LogP) is 2.50. The lowest BCUT2D eigenvalue weighted by atomic mass is 10.2. The number of H-pyrrole nitrogens is 1. The van der Waals surface area contributed by atoms with E-state index in [2.05, 4.69) is 10.3 Å². The van der Waals surface area contributed by atoms with Crippen LogP contribution in [0, 0.1) is 0 Å². The summed E-state index contributed by atoms with van der Waals surface area (Å²) < 4.78 is 16.2. The Morgan fingerprint density at radius 2 is 1.83 bits per heavy atom. The molecule has 29 heavy (non-hydrogen) atoms. The van der Waals surface area contributed by atoms with Gasteiger partial charge in [0, 0.05) is 30.1 Å². The molecule has 7 nitrogen and oxygen atoms in total. The van der Waals surface area contributed by atoms with E-state index in [-0.39, 0.29) is 24.6 Å². The van der Waals surface area contributed by atoms with Gasteiger partial charge >= 0.3 is 0 Å². The van der Waals surface area contributed by atoms with Crippen molar-refractivity contribution in [3.8, 4) is 17.2 Å². The van der Waals surface area contributed by atoms with E-state index in [0.717, 1.165) is 16.5 Å². The number of halogens is 1. The van der Waals surface area contributed by atoms with E-state index >= 15 is 0 Å². The summed E-state index contributed by atoms with van der Waals surface area (Å²) in [5, 5.41) is 14.2. The van der Waals surface area contributed by atoms with E-state index in [0.29, 0.717) is 30.3 Å². The summed E-state index contributed by atoms with van der Waals surface area (Å²) in [4.78, 5) is 14.1. The highest BCUT2D eigenvalue weighted by molar-refractivity contribution is 5.85. The Bertz CT molecular complexity index is 992. The number of benzene rings is 2. The van der Waals surface area contributed by atoms with Crippen LogP contribution in [0.3, 0.4) is 0 Å². The van der Waals surface area contributed by atoms with Crippen LogP contribution < -0.4 is 25.1 Å². The Kier molecular flexibility index (Phi) is 8.33. The fraction of sp³-hybridized carbons (Fsp3) is 0.286. The van der Waals surface area contributed by atoms with Crippen LogP contribution >= 0.6 is 12.4 Å². The minimum Gasteiger partial charge on any atom is -0.493 e. The Labute approximate surface area is 175 Å². The molecule has 0 spiro atoms. The van der Waals surface area contributed by atoms with Gasteiger partial charge in [-0.1, -0.05) is 6.07 Å². The summed E-state index contributed by atoms with van der Waals surface area (Å²) in [6, 6.07) is 14.3. The van der Waals surface area contributed by atoms with Gasteiger partial charge in [-0.3, -0.25) is 4.79 Å². The SMILES string of the molecule is COc1ccc(CNCC(O)COc2ccc3[nH]c(=O)ccc3c2)cc1OC.Cl. The molecule has 0 bridgehead atoms. The number of methoxy groups -OCH3 is 2. The number of rotatable bonds is 9. The zero-order valence-electron chi connectivity index (χ0n) is 16.3. The molecule has 3 rings (SSSR count). The van der Waals surface area contributed by atoms with E-state index in [1.54, 1.807) is 32.4 Å². The lowest BCUT2D eigenvalue weighted by Gasteiger charge is -2.14. The van der Waals surface area contributed by atoms with E-state index in [9.17, 15) is 9.90 Å². The van der Waals surface area contributed by atoms with Crippen LogP contribution in [-0.4, -0.2) is 43.6 Å². The fourth-order valence-electron chi connectivity index (χ4n) is 2.85. The predicted molar refractivity (Wildman–Crippen MR) is 115 cm³/mol. The average Bonchev–Trinajstić information content (AvgIpc) is 2.72. The molecule has 0 aliphatic carbocycles. The topological polar surface area (TPSA) is 92.8 Å². The van der Waals surface area contributed by atoms with Crippen molar-refractivity contribution < 1.29 is 19.3 Å².